The Hall–Kier alpha value is -1.29. The SMILES string of the molecule is NCC[C@H](O)C(=O)N[C@@H]1C[C@H](N)[C@@H](O[C@H]2O[C@H](CN)[C@@H](O)[C@@H](O)[C@H]2N)[C@H](O[C@@H]2O[C@H](CO)[C@@H](O[C@@H]3C[C@@H](O)[C@@H](O)[C@H](CN)O3)[C@H]2O)[C@H]1O. The predicted octanol–water partition coefficient (Wildman–Crippen LogP) is -8.97. The van der Waals surface area contributed by atoms with Crippen LogP contribution in [-0.4, -0.2) is 189 Å². The Bertz CT molecular complexity index is 1020. The largest absolute Gasteiger partial charge is 0.394 e. The number of nitrogens with two attached hydrogens (primary N) is 5. The highest BCUT2D eigenvalue weighted by Gasteiger charge is 2.54. The molecule has 0 aromatic rings. The summed E-state index contributed by atoms with van der Waals surface area (Å²) in [4.78, 5) is 12.6. The molecule has 4 rings (SSSR count). The van der Waals surface area contributed by atoms with Crippen LogP contribution in [0.25, 0.3) is 0 Å². The highest BCUT2D eigenvalue weighted by molar-refractivity contribution is 5.80. The lowest BCUT2D eigenvalue weighted by Crippen LogP contribution is -2.69. The van der Waals surface area contributed by atoms with E-state index in [4.69, 9.17) is 57.1 Å². The number of aliphatic hydroxyl groups excluding tert-OH is 8. The lowest BCUT2D eigenvalue weighted by molar-refractivity contribution is -0.307. The van der Waals surface area contributed by atoms with Gasteiger partial charge < -0.3 is 103 Å². The van der Waals surface area contributed by atoms with Crippen LogP contribution in [0.15, 0.2) is 0 Å². The van der Waals surface area contributed by atoms with Gasteiger partial charge in [0.2, 0.25) is 5.91 Å². The molecule has 1 aliphatic carbocycles. The first-order chi connectivity index (χ1) is 22.8. The van der Waals surface area contributed by atoms with Crippen LogP contribution in [0.2, 0.25) is 0 Å². The van der Waals surface area contributed by atoms with E-state index in [0.717, 1.165) is 0 Å². The van der Waals surface area contributed by atoms with Crippen molar-refractivity contribution in [3.8, 4) is 0 Å². The van der Waals surface area contributed by atoms with E-state index in [1.165, 1.54) is 0 Å². The van der Waals surface area contributed by atoms with Crippen molar-refractivity contribution in [2.45, 2.75) is 136 Å². The number of carbonyl (C=O) groups excluding carboxylic acids is 1. The maximum atomic E-state index is 12.6. The molecule has 19 N–H and O–H groups in total. The molecule has 4 aliphatic rings. The summed E-state index contributed by atoms with van der Waals surface area (Å²) in [5.74, 6) is -0.836. The summed E-state index contributed by atoms with van der Waals surface area (Å²) in [6, 6.07) is -3.46. The molecule has 1 saturated carbocycles. The van der Waals surface area contributed by atoms with Crippen molar-refractivity contribution < 1.29 is 74.1 Å². The minimum atomic E-state index is -1.65. The van der Waals surface area contributed by atoms with Crippen molar-refractivity contribution in [3.63, 3.8) is 0 Å². The van der Waals surface area contributed by atoms with E-state index in [-0.39, 0.29) is 38.9 Å². The monoisotopic (exact) mass is 700 g/mol. The Morgan fingerprint density at radius 2 is 1.38 bits per heavy atom. The standard InChI is InChI=1S/C27H52N6O15/c28-2-1-10(35)25(42)33-9-3-8(31)22(47-26-16(32)20(40)19(39)13(6-30)44-26)24(17(9)37)48-27-21(41)23(14(7-34)45-27)46-15-4-11(36)18(38)12(5-29)43-15/h8-24,26-27,34-41H,1-7,28-32H2,(H,33,42)/t8-,9+,10-,11+,12-,13+,14+,15+,16+,17-,18+,19+,20-,21+,22+,23+,24+,26+,27-/m0/s1. The zero-order chi connectivity index (χ0) is 35.4. The average Bonchev–Trinajstić information content (AvgIpc) is 3.35. The maximum absolute atomic E-state index is 12.6. The van der Waals surface area contributed by atoms with E-state index in [2.05, 4.69) is 5.32 Å². The second-order valence-corrected chi connectivity index (χ2v) is 12.6. The van der Waals surface area contributed by atoms with Crippen molar-refractivity contribution in [1.29, 1.82) is 0 Å². The van der Waals surface area contributed by atoms with Crippen molar-refractivity contribution >= 4 is 5.91 Å². The summed E-state index contributed by atoms with van der Waals surface area (Å²) in [6.45, 7) is -1.01. The van der Waals surface area contributed by atoms with E-state index in [0.29, 0.717) is 0 Å². The minimum Gasteiger partial charge on any atom is -0.394 e. The summed E-state index contributed by atoms with van der Waals surface area (Å²) < 4.78 is 35.0. The van der Waals surface area contributed by atoms with Gasteiger partial charge in [-0.3, -0.25) is 4.79 Å². The predicted molar refractivity (Wildman–Crippen MR) is 159 cm³/mol. The molecule has 3 aliphatic heterocycles. The average molecular weight is 701 g/mol. The van der Waals surface area contributed by atoms with Gasteiger partial charge in [-0.2, -0.15) is 0 Å². The fraction of sp³-hybridized carbons (Fsp3) is 0.963. The van der Waals surface area contributed by atoms with Gasteiger partial charge in [-0.15, -0.1) is 0 Å². The first-order valence-corrected chi connectivity index (χ1v) is 16.0. The molecule has 3 saturated heterocycles. The topological polar surface area (TPSA) is 376 Å². The number of hydrogen-bond acceptors (Lipinski definition) is 20. The number of aliphatic hydroxyl groups is 8. The summed E-state index contributed by atoms with van der Waals surface area (Å²) in [6.07, 6.45) is -22.2. The third-order valence-electron chi connectivity index (χ3n) is 9.20. The summed E-state index contributed by atoms with van der Waals surface area (Å²) in [5, 5.41) is 86.6. The van der Waals surface area contributed by atoms with Gasteiger partial charge in [0, 0.05) is 25.6 Å². The van der Waals surface area contributed by atoms with Crippen molar-refractivity contribution in [2.75, 3.05) is 26.2 Å². The van der Waals surface area contributed by atoms with E-state index in [9.17, 15) is 45.6 Å². The molecule has 3 heterocycles. The number of rotatable bonds is 13. The maximum Gasteiger partial charge on any atom is 0.249 e. The summed E-state index contributed by atoms with van der Waals surface area (Å²) >= 11 is 0. The fourth-order valence-electron chi connectivity index (χ4n) is 6.37. The molecule has 0 aromatic heterocycles. The first kappa shape index (κ1) is 39.5. The third kappa shape index (κ3) is 8.59. The van der Waals surface area contributed by atoms with Crippen LogP contribution in [0, 0.1) is 0 Å². The first-order valence-electron chi connectivity index (χ1n) is 16.0. The van der Waals surface area contributed by atoms with E-state index in [1.807, 2.05) is 0 Å². The lowest BCUT2D eigenvalue weighted by Gasteiger charge is -2.48. The molecule has 0 radical (unpaired) electrons. The van der Waals surface area contributed by atoms with E-state index >= 15 is 0 Å². The highest BCUT2D eigenvalue weighted by atomic mass is 16.8. The van der Waals surface area contributed by atoms with Crippen LogP contribution in [-0.2, 0) is 33.2 Å². The minimum absolute atomic E-state index is 0.0133. The van der Waals surface area contributed by atoms with Crippen molar-refractivity contribution in [2.24, 2.45) is 28.7 Å². The molecule has 0 spiro atoms. The van der Waals surface area contributed by atoms with Gasteiger partial charge in [0.05, 0.1) is 24.8 Å². The summed E-state index contributed by atoms with van der Waals surface area (Å²) in [7, 11) is 0. The number of ether oxygens (including phenoxy) is 6. The fourth-order valence-corrected chi connectivity index (χ4v) is 6.37. The van der Waals surface area contributed by atoms with Gasteiger partial charge in [0.1, 0.15) is 73.2 Å². The second-order valence-electron chi connectivity index (χ2n) is 12.6. The van der Waals surface area contributed by atoms with Crippen LogP contribution in [0.5, 0.6) is 0 Å². The number of hydrogen-bond donors (Lipinski definition) is 14. The van der Waals surface area contributed by atoms with Crippen molar-refractivity contribution in [3.05, 3.63) is 0 Å². The van der Waals surface area contributed by atoms with E-state index in [1.54, 1.807) is 0 Å². The quantitative estimate of drug-likeness (QED) is 0.0847. The van der Waals surface area contributed by atoms with Crippen LogP contribution in [0.1, 0.15) is 19.3 Å². The number of nitrogens with one attached hydrogen (secondary N) is 1. The molecular formula is C27H52N6O15. The molecular weight excluding hydrogens is 648 g/mol. The Morgan fingerprint density at radius 1 is 0.750 bits per heavy atom. The highest BCUT2D eigenvalue weighted by Crippen LogP contribution is 2.34. The zero-order valence-electron chi connectivity index (χ0n) is 26.2. The summed E-state index contributed by atoms with van der Waals surface area (Å²) in [5.41, 5.74) is 29.3. The van der Waals surface area contributed by atoms with Crippen molar-refractivity contribution in [1.82, 2.24) is 5.32 Å². The van der Waals surface area contributed by atoms with Gasteiger partial charge in [-0.05, 0) is 19.4 Å². The van der Waals surface area contributed by atoms with Gasteiger partial charge in [-0.1, -0.05) is 0 Å². The number of carbonyl (C=O) groups is 1. The van der Waals surface area contributed by atoms with Gasteiger partial charge in [-0.25, -0.2) is 0 Å². The molecule has 280 valence electrons. The Labute approximate surface area is 276 Å². The molecule has 48 heavy (non-hydrogen) atoms. The van der Waals surface area contributed by atoms with Gasteiger partial charge in [0.25, 0.3) is 0 Å². The van der Waals surface area contributed by atoms with E-state index < -0.39 is 129 Å². The molecule has 21 heteroatoms. The number of amides is 1. The normalized spacial score (nSPS) is 47.5. The molecule has 21 nitrogen and oxygen atoms in total. The Balaban J connectivity index is 1.55. The smallest absolute Gasteiger partial charge is 0.249 e. The van der Waals surface area contributed by atoms with Crippen LogP contribution >= 0.6 is 0 Å². The second kappa shape index (κ2) is 17.3. The van der Waals surface area contributed by atoms with Crippen LogP contribution < -0.4 is 34.0 Å². The molecule has 0 bridgehead atoms. The molecule has 19 atom stereocenters. The van der Waals surface area contributed by atoms with Crippen LogP contribution in [0.3, 0.4) is 0 Å². The zero-order valence-corrected chi connectivity index (χ0v) is 26.2. The molecule has 1 amide bonds. The molecule has 4 fully saturated rings. The Morgan fingerprint density at radius 3 is 2.00 bits per heavy atom. The Kier molecular flexibility index (Phi) is 14.2. The molecule has 0 aromatic carbocycles. The third-order valence-corrected chi connectivity index (χ3v) is 9.20. The van der Waals surface area contributed by atoms with Crippen LogP contribution in [0.4, 0.5) is 0 Å². The van der Waals surface area contributed by atoms with Gasteiger partial charge in [0.15, 0.2) is 18.9 Å². The lowest BCUT2D eigenvalue weighted by atomic mass is 9.83. The molecule has 0 unspecified atom stereocenters. The van der Waals surface area contributed by atoms with Gasteiger partial charge >= 0.3 is 0 Å².